The number of carbonyl (C=O) groups is 1. The van der Waals surface area contributed by atoms with Gasteiger partial charge in [0.05, 0.1) is 12.4 Å². The van der Waals surface area contributed by atoms with Gasteiger partial charge >= 0.3 is 0 Å². The van der Waals surface area contributed by atoms with E-state index < -0.39 is 0 Å². The maximum Gasteiger partial charge on any atom is 0.230 e. The van der Waals surface area contributed by atoms with Crippen LogP contribution < -0.4 is 5.32 Å². The fourth-order valence-electron chi connectivity index (χ4n) is 1.77. The lowest BCUT2D eigenvalue weighted by molar-refractivity contribution is -0.118. The van der Waals surface area contributed by atoms with Crippen molar-refractivity contribution in [3.8, 4) is 0 Å². The van der Waals surface area contributed by atoms with Crippen LogP contribution in [0.5, 0.6) is 0 Å². The number of aliphatic hydroxyl groups is 1. The first-order valence-corrected chi connectivity index (χ1v) is 7.11. The SMILES string of the molecule is O=C(CSCCO)NCCC1=CCCCC1. The predicted molar refractivity (Wildman–Crippen MR) is 68.6 cm³/mol. The number of rotatable bonds is 7. The molecule has 0 spiro atoms. The molecule has 0 aromatic heterocycles. The first kappa shape index (κ1) is 13.6. The fraction of sp³-hybridized carbons (Fsp3) is 0.750. The Kier molecular flexibility index (Phi) is 7.34. The molecule has 0 bridgehead atoms. The second-order valence-corrected chi connectivity index (χ2v) is 5.09. The molecule has 0 fully saturated rings. The number of thioether (sulfide) groups is 1. The minimum absolute atomic E-state index is 0.0786. The van der Waals surface area contributed by atoms with Crippen LogP contribution >= 0.6 is 11.8 Å². The summed E-state index contributed by atoms with van der Waals surface area (Å²) in [5, 5.41) is 11.5. The van der Waals surface area contributed by atoms with Crippen LogP contribution in [0.1, 0.15) is 32.1 Å². The Bertz CT molecular complexity index is 241. The quantitative estimate of drug-likeness (QED) is 0.529. The van der Waals surface area contributed by atoms with Crippen LogP contribution in [0, 0.1) is 0 Å². The summed E-state index contributed by atoms with van der Waals surface area (Å²) in [7, 11) is 0. The van der Waals surface area contributed by atoms with E-state index >= 15 is 0 Å². The minimum atomic E-state index is 0.0786. The van der Waals surface area contributed by atoms with E-state index in [4.69, 9.17) is 5.11 Å². The second-order valence-electron chi connectivity index (χ2n) is 3.98. The molecular formula is C12H21NO2S. The number of carbonyl (C=O) groups excluding carboxylic acids is 1. The molecule has 16 heavy (non-hydrogen) atoms. The van der Waals surface area contributed by atoms with Crippen molar-refractivity contribution in [2.45, 2.75) is 32.1 Å². The van der Waals surface area contributed by atoms with Crippen molar-refractivity contribution < 1.29 is 9.90 Å². The topological polar surface area (TPSA) is 49.3 Å². The van der Waals surface area contributed by atoms with Crippen molar-refractivity contribution in [1.82, 2.24) is 5.32 Å². The van der Waals surface area contributed by atoms with Crippen LogP contribution in [0.2, 0.25) is 0 Å². The van der Waals surface area contributed by atoms with E-state index in [0.717, 1.165) is 13.0 Å². The second kappa shape index (κ2) is 8.65. The molecule has 2 N–H and O–H groups in total. The van der Waals surface area contributed by atoms with Crippen molar-refractivity contribution in [2.75, 3.05) is 24.7 Å². The third kappa shape index (κ3) is 6.18. The van der Waals surface area contributed by atoms with Gasteiger partial charge in [-0.2, -0.15) is 0 Å². The number of amides is 1. The van der Waals surface area contributed by atoms with Gasteiger partial charge in [0.25, 0.3) is 0 Å². The van der Waals surface area contributed by atoms with Crippen LogP contribution in [0.25, 0.3) is 0 Å². The summed E-state index contributed by atoms with van der Waals surface area (Å²) in [4.78, 5) is 11.3. The molecule has 0 radical (unpaired) electrons. The minimum Gasteiger partial charge on any atom is -0.396 e. The first-order chi connectivity index (χ1) is 7.83. The van der Waals surface area contributed by atoms with E-state index in [2.05, 4.69) is 11.4 Å². The predicted octanol–water partition coefficient (Wildman–Crippen LogP) is 1.72. The number of hydrogen-bond donors (Lipinski definition) is 2. The average Bonchev–Trinajstić information content (AvgIpc) is 2.31. The van der Waals surface area contributed by atoms with Crippen molar-refractivity contribution in [3.05, 3.63) is 11.6 Å². The van der Waals surface area contributed by atoms with Gasteiger partial charge in [0.1, 0.15) is 0 Å². The van der Waals surface area contributed by atoms with Crippen molar-refractivity contribution in [3.63, 3.8) is 0 Å². The molecule has 0 saturated heterocycles. The number of hydrogen-bond acceptors (Lipinski definition) is 3. The van der Waals surface area contributed by atoms with E-state index in [0.29, 0.717) is 11.5 Å². The maximum atomic E-state index is 11.3. The third-order valence-electron chi connectivity index (χ3n) is 2.62. The summed E-state index contributed by atoms with van der Waals surface area (Å²) in [5.74, 6) is 1.17. The van der Waals surface area contributed by atoms with Gasteiger partial charge in [-0.25, -0.2) is 0 Å². The van der Waals surface area contributed by atoms with E-state index in [9.17, 15) is 4.79 Å². The van der Waals surface area contributed by atoms with E-state index in [1.165, 1.54) is 43.0 Å². The molecule has 0 atom stereocenters. The van der Waals surface area contributed by atoms with E-state index in [1.54, 1.807) is 0 Å². The Labute approximate surface area is 102 Å². The summed E-state index contributed by atoms with van der Waals surface area (Å²) in [6.45, 7) is 0.898. The maximum absolute atomic E-state index is 11.3. The van der Waals surface area contributed by atoms with Gasteiger partial charge in [0.15, 0.2) is 0 Å². The normalized spacial score (nSPS) is 15.7. The third-order valence-corrected chi connectivity index (χ3v) is 3.56. The van der Waals surface area contributed by atoms with Crippen LogP contribution in [0.4, 0.5) is 0 Å². The van der Waals surface area contributed by atoms with Crippen molar-refractivity contribution in [2.24, 2.45) is 0 Å². The molecule has 0 heterocycles. The summed E-state index contributed by atoms with van der Waals surface area (Å²) in [5.41, 5.74) is 1.49. The molecule has 1 aliphatic rings. The highest BCUT2D eigenvalue weighted by atomic mass is 32.2. The van der Waals surface area contributed by atoms with Gasteiger partial charge < -0.3 is 10.4 Å². The molecule has 92 valence electrons. The molecule has 1 amide bonds. The zero-order valence-corrected chi connectivity index (χ0v) is 10.5. The Balaban J connectivity index is 2.01. The lowest BCUT2D eigenvalue weighted by atomic mass is 9.97. The van der Waals surface area contributed by atoms with Gasteiger partial charge in [-0.3, -0.25) is 4.79 Å². The molecule has 1 rings (SSSR count). The molecule has 4 heteroatoms. The van der Waals surface area contributed by atoms with Crippen LogP contribution in [0.3, 0.4) is 0 Å². The van der Waals surface area contributed by atoms with Crippen molar-refractivity contribution >= 4 is 17.7 Å². The molecule has 0 saturated carbocycles. The molecule has 1 aliphatic carbocycles. The lowest BCUT2D eigenvalue weighted by Gasteiger charge is -2.12. The summed E-state index contributed by atoms with van der Waals surface area (Å²) >= 11 is 1.47. The van der Waals surface area contributed by atoms with E-state index in [1.807, 2.05) is 0 Å². The largest absolute Gasteiger partial charge is 0.396 e. The Hall–Kier alpha value is -0.480. The van der Waals surface area contributed by atoms with Gasteiger partial charge in [-0.1, -0.05) is 11.6 Å². The van der Waals surface area contributed by atoms with Crippen molar-refractivity contribution in [1.29, 1.82) is 0 Å². The Morgan fingerprint density at radius 1 is 1.50 bits per heavy atom. The molecular weight excluding hydrogens is 222 g/mol. The zero-order valence-electron chi connectivity index (χ0n) is 9.71. The number of allylic oxidation sites excluding steroid dienone is 1. The van der Waals surface area contributed by atoms with Crippen LogP contribution in [-0.2, 0) is 4.79 Å². The molecule has 0 unspecified atom stereocenters. The summed E-state index contributed by atoms with van der Waals surface area (Å²) in [6, 6.07) is 0. The highest BCUT2D eigenvalue weighted by molar-refractivity contribution is 7.99. The first-order valence-electron chi connectivity index (χ1n) is 5.96. The molecule has 0 aromatic rings. The van der Waals surface area contributed by atoms with E-state index in [-0.39, 0.29) is 12.5 Å². The number of nitrogens with one attached hydrogen (secondary N) is 1. The average molecular weight is 243 g/mol. The summed E-state index contributed by atoms with van der Waals surface area (Å²) in [6.07, 6.45) is 8.33. The smallest absolute Gasteiger partial charge is 0.230 e. The van der Waals surface area contributed by atoms with Crippen LogP contribution in [-0.4, -0.2) is 35.7 Å². The Morgan fingerprint density at radius 2 is 2.38 bits per heavy atom. The fourth-order valence-corrected chi connectivity index (χ4v) is 2.34. The lowest BCUT2D eigenvalue weighted by Crippen LogP contribution is -2.26. The highest BCUT2D eigenvalue weighted by Gasteiger charge is 2.04. The zero-order chi connectivity index (χ0) is 11.6. The van der Waals surface area contributed by atoms with Gasteiger partial charge in [-0.05, 0) is 32.1 Å². The number of aliphatic hydroxyl groups excluding tert-OH is 1. The monoisotopic (exact) mass is 243 g/mol. The highest BCUT2D eigenvalue weighted by Crippen LogP contribution is 2.19. The molecule has 0 aromatic carbocycles. The summed E-state index contributed by atoms with van der Waals surface area (Å²) < 4.78 is 0. The van der Waals surface area contributed by atoms with Gasteiger partial charge in [0.2, 0.25) is 5.91 Å². The molecule has 3 nitrogen and oxygen atoms in total. The van der Waals surface area contributed by atoms with Gasteiger partial charge in [-0.15, -0.1) is 11.8 Å². The molecule has 0 aliphatic heterocycles. The standard InChI is InChI=1S/C12H21NO2S/c14-8-9-16-10-12(15)13-7-6-11-4-2-1-3-5-11/h4,14H,1-3,5-10H2,(H,13,15). The van der Waals surface area contributed by atoms with Crippen LogP contribution in [0.15, 0.2) is 11.6 Å². The van der Waals surface area contributed by atoms with Gasteiger partial charge in [0, 0.05) is 12.3 Å². The Morgan fingerprint density at radius 3 is 3.06 bits per heavy atom.